The molecule has 0 aromatic heterocycles. The minimum absolute atomic E-state index is 0.0243. The van der Waals surface area contributed by atoms with Crippen LogP contribution in [0.25, 0.3) is 0 Å². The van der Waals surface area contributed by atoms with Gasteiger partial charge in [0.1, 0.15) is 0 Å². The van der Waals surface area contributed by atoms with Gasteiger partial charge in [0.05, 0.1) is 31.3 Å². The Morgan fingerprint density at radius 3 is 2.92 bits per heavy atom. The van der Waals surface area contributed by atoms with Crippen LogP contribution in [0.5, 0.6) is 0 Å². The van der Waals surface area contributed by atoms with Crippen molar-refractivity contribution in [2.75, 3.05) is 13.2 Å². The first-order valence-corrected chi connectivity index (χ1v) is 4.71. The van der Waals surface area contributed by atoms with E-state index in [-0.39, 0.29) is 30.7 Å². The highest BCUT2D eigenvalue weighted by molar-refractivity contribution is 5.77. The summed E-state index contributed by atoms with van der Waals surface area (Å²) in [6.07, 6.45) is 0.766. The minimum atomic E-state index is -0.145. The van der Waals surface area contributed by atoms with Crippen molar-refractivity contribution in [3.05, 3.63) is 0 Å². The molecule has 4 nitrogen and oxygen atoms in total. The van der Waals surface area contributed by atoms with Gasteiger partial charge in [-0.1, -0.05) is 0 Å². The molecule has 1 heterocycles. The lowest BCUT2D eigenvalue weighted by molar-refractivity contribution is -0.147. The van der Waals surface area contributed by atoms with Crippen LogP contribution in [0.2, 0.25) is 0 Å². The van der Waals surface area contributed by atoms with E-state index in [1.54, 1.807) is 6.92 Å². The first-order valence-electron chi connectivity index (χ1n) is 4.71. The molecule has 74 valence electrons. The Morgan fingerprint density at radius 1 is 1.69 bits per heavy atom. The summed E-state index contributed by atoms with van der Waals surface area (Å²) < 4.78 is 10.3. The number of aliphatic hydroxyl groups excluding tert-OH is 1. The average Bonchev–Trinajstić information content (AvgIpc) is 2.63. The van der Waals surface area contributed by atoms with Crippen LogP contribution in [0.4, 0.5) is 0 Å². The topological polar surface area (TPSA) is 55.8 Å². The normalized spacial score (nSPS) is 41.4. The summed E-state index contributed by atoms with van der Waals surface area (Å²) in [5.41, 5.74) is 0. The van der Waals surface area contributed by atoms with Crippen LogP contribution in [0, 0.1) is 11.8 Å². The predicted octanol–water partition coefficient (Wildman–Crippen LogP) is -0.0547. The number of carbonyl (C=O) groups excluding carboxylic acids is 1. The third-order valence-electron chi connectivity index (χ3n) is 2.74. The van der Waals surface area contributed by atoms with Gasteiger partial charge in [0, 0.05) is 5.92 Å². The quantitative estimate of drug-likeness (QED) is 0.628. The van der Waals surface area contributed by atoms with Crippen LogP contribution < -0.4 is 0 Å². The summed E-state index contributed by atoms with van der Waals surface area (Å²) in [4.78, 5) is 11.2. The van der Waals surface area contributed by atoms with Crippen LogP contribution in [0.3, 0.4) is 0 Å². The number of ether oxygens (including phenoxy) is 2. The van der Waals surface area contributed by atoms with Crippen molar-refractivity contribution in [3.8, 4) is 0 Å². The maximum Gasteiger partial charge on any atom is 0.311 e. The highest BCUT2D eigenvalue weighted by atomic mass is 16.6. The molecule has 4 atom stereocenters. The summed E-state index contributed by atoms with van der Waals surface area (Å²) in [7, 11) is 0. The molecule has 0 amide bonds. The molecule has 0 radical (unpaired) electrons. The van der Waals surface area contributed by atoms with E-state index in [9.17, 15) is 4.79 Å². The number of esters is 1. The van der Waals surface area contributed by atoms with Gasteiger partial charge in [-0.3, -0.25) is 4.79 Å². The fraction of sp³-hybridized carbons (Fsp3) is 0.889. The van der Waals surface area contributed by atoms with Crippen LogP contribution in [0.1, 0.15) is 13.3 Å². The first-order chi connectivity index (χ1) is 6.27. The second-order valence-electron chi connectivity index (χ2n) is 3.58. The van der Waals surface area contributed by atoms with Gasteiger partial charge in [-0.15, -0.1) is 0 Å². The lowest BCUT2D eigenvalue weighted by Crippen LogP contribution is -2.20. The molecule has 2 fully saturated rings. The zero-order valence-electron chi connectivity index (χ0n) is 7.60. The summed E-state index contributed by atoms with van der Waals surface area (Å²) >= 11 is 0. The zero-order chi connectivity index (χ0) is 9.42. The van der Waals surface area contributed by atoms with Crippen molar-refractivity contribution < 1.29 is 19.4 Å². The Bertz CT molecular complexity index is 204. The number of aliphatic hydroxyl groups is 1. The Hall–Kier alpha value is -0.610. The molecule has 1 saturated heterocycles. The average molecular weight is 186 g/mol. The highest BCUT2D eigenvalue weighted by Crippen LogP contribution is 2.51. The Morgan fingerprint density at radius 2 is 2.46 bits per heavy atom. The molecule has 2 aliphatic rings. The number of carbonyl (C=O) groups is 1. The maximum atomic E-state index is 11.2. The molecular weight excluding hydrogens is 172 g/mol. The predicted molar refractivity (Wildman–Crippen MR) is 44.0 cm³/mol. The van der Waals surface area contributed by atoms with Crippen LogP contribution in [0.15, 0.2) is 0 Å². The summed E-state index contributed by atoms with van der Waals surface area (Å²) in [5, 5.41) is 8.79. The molecule has 1 aliphatic carbocycles. The molecule has 0 aromatic carbocycles. The molecular formula is C9H14O4. The van der Waals surface area contributed by atoms with Gasteiger partial charge in [0.2, 0.25) is 0 Å². The molecule has 4 heteroatoms. The van der Waals surface area contributed by atoms with Gasteiger partial charge < -0.3 is 14.6 Å². The fourth-order valence-electron chi connectivity index (χ4n) is 2.05. The molecule has 2 rings (SSSR count). The molecule has 0 unspecified atom stereocenters. The third-order valence-corrected chi connectivity index (χ3v) is 2.74. The van der Waals surface area contributed by atoms with Gasteiger partial charge in [0.25, 0.3) is 0 Å². The molecule has 0 aromatic rings. The summed E-state index contributed by atoms with van der Waals surface area (Å²) in [6.45, 7) is 2.29. The minimum Gasteiger partial charge on any atom is -0.466 e. The second kappa shape index (κ2) is 3.27. The molecule has 1 aliphatic heterocycles. The number of rotatable bonds is 3. The van der Waals surface area contributed by atoms with Crippen molar-refractivity contribution in [3.63, 3.8) is 0 Å². The van der Waals surface area contributed by atoms with Gasteiger partial charge >= 0.3 is 5.97 Å². The van der Waals surface area contributed by atoms with E-state index >= 15 is 0 Å². The molecule has 0 spiro atoms. The SMILES string of the molecule is CCOC(=O)[C@H]1[C@@H]2C[C@H](CO)O[C@@H]21. The third kappa shape index (κ3) is 1.44. The largest absolute Gasteiger partial charge is 0.466 e. The van der Waals surface area contributed by atoms with E-state index in [4.69, 9.17) is 14.6 Å². The van der Waals surface area contributed by atoms with Crippen LogP contribution in [-0.4, -0.2) is 36.5 Å². The van der Waals surface area contributed by atoms with E-state index in [2.05, 4.69) is 0 Å². The molecule has 1 N–H and O–H groups in total. The van der Waals surface area contributed by atoms with Crippen LogP contribution in [-0.2, 0) is 14.3 Å². The molecule has 1 saturated carbocycles. The highest BCUT2D eigenvalue weighted by Gasteiger charge is 2.62. The molecule has 13 heavy (non-hydrogen) atoms. The van der Waals surface area contributed by atoms with E-state index in [0.29, 0.717) is 12.5 Å². The first kappa shape index (κ1) is 8.97. The lowest BCUT2D eigenvalue weighted by atomic mass is 10.1. The fourth-order valence-corrected chi connectivity index (χ4v) is 2.05. The van der Waals surface area contributed by atoms with Crippen molar-refractivity contribution in [1.29, 1.82) is 0 Å². The van der Waals surface area contributed by atoms with E-state index in [1.807, 2.05) is 0 Å². The second-order valence-corrected chi connectivity index (χ2v) is 3.58. The zero-order valence-corrected chi connectivity index (χ0v) is 7.60. The van der Waals surface area contributed by atoms with Gasteiger partial charge in [-0.25, -0.2) is 0 Å². The van der Waals surface area contributed by atoms with Crippen LogP contribution >= 0.6 is 0 Å². The summed E-state index contributed by atoms with van der Waals surface area (Å²) in [5.74, 6) is 0.104. The number of hydrogen-bond donors (Lipinski definition) is 1. The number of hydrogen-bond acceptors (Lipinski definition) is 4. The molecule has 0 bridgehead atoms. The van der Waals surface area contributed by atoms with Gasteiger partial charge in [-0.05, 0) is 13.3 Å². The van der Waals surface area contributed by atoms with Crippen molar-refractivity contribution >= 4 is 5.97 Å². The van der Waals surface area contributed by atoms with E-state index < -0.39 is 0 Å². The van der Waals surface area contributed by atoms with Crippen molar-refractivity contribution in [1.82, 2.24) is 0 Å². The maximum absolute atomic E-state index is 11.2. The van der Waals surface area contributed by atoms with E-state index in [1.165, 1.54) is 0 Å². The Balaban J connectivity index is 1.81. The summed E-state index contributed by atoms with van der Waals surface area (Å²) in [6, 6.07) is 0. The lowest BCUT2D eigenvalue weighted by Gasteiger charge is -2.10. The standard InChI is InChI=1S/C9H14O4/c1-2-12-9(11)7-6-3-5(4-10)13-8(6)7/h5-8,10H,2-4H2,1H3/t5-,6+,7+,8+/m1/s1. The van der Waals surface area contributed by atoms with Gasteiger partial charge in [-0.2, -0.15) is 0 Å². The van der Waals surface area contributed by atoms with Gasteiger partial charge in [0.15, 0.2) is 0 Å². The van der Waals surface area contributed by atoms with E-state index in [0.717, 1.165) is 6.42 Å². The number of fused-ring (bicyclic) bond motifs is 1. The monoisotopic (exact) mass is 186 g/mol. The van der Waals surface area contributed by atoms with Crippen molar-refractivity contribution in [2.24, 2.45) is 11.8 Å². The van der Waals surface area contributed by atoms with Crippen molar-refractivity contribution in [2.45, 2.75) is 25.6 Å². The Labute approximate surface area is 76.8 Å². The smallest absolute Gasteiger partial charge is 0.311 e. The Kier molecular flexibility index (Phi) is 2.26.